The molecular formula is C28H36Cl2Si2Zr-2. The maximum atomic E-state index is 2.99. The maximum absolute atomic E-state index is 2.99. The number of hydrogen-bond acceptors (Lipinski definition) is 0. The Bertz CT molecular complexity index is 1040. The standard InChI is InChI=1S/C19H25Si2.C5H5.C4H6.2ClH.Zr/c1-20(2,3)16-9-7-14-11-15-8-10-17(21(4,5)6)13-19(15)18(14)12-16;1-2-4-5-3-1;1-2-4-3-1;;;/h7-13H,1-6H3;1-3H,4H2;1-3H2;2*1H;/q2*-1;;;;+2/p-2. The molecule has 0 radical (unpaired) electrons. The van der Waals surface area contributed by atoms with Gasteiger partial charge in [-0.15, -0.1) is 46.2 Å². The van der Waals surface area contributed by atoms with E-state index in [2.05, 4.69) is 93.9 Å². The minimum atomic E-state index is -1.25. The molecule has 5 heteroatoms. The number of benzene rings is 2. The fraction of sp³-hybridized carbons (Fsp3) is 0.357. The van der Waals surface area contributed by atoms with E-state index >= 15 is 0 Å². The van der Waals surface area contributed by atoms with E-state index in [9.17, 15) is 0 Å². The summed E-state index contributed by atoms with van der Waals surface area (Å²) in [6, 6.07) is 16.6. The molecule has 3 aromatic carbocycles. The zero-order chi connectivity index (χ0) is 22.6. The van der Waals surface area contributed by atoms with E-state index < -0.39 is 16.1 Å². The molecule has 5 rings (SSSR count). The monoisotopic (exact) mass is 588 g/mol. The third kappa shape index (κ3) is 8.62. The zero-order valence-corrected chi connectivity index (χ0v) is 26.8. The Balaban J connectivity index is 0.000000375. The van der Waals surface area contributed by atoms with Gasteiger partial charge in [-0.25, -0.2) is 12.2 Å². The van der Waals surface area contributed by atoms with E-state index in [0.29, 0.717) is 0 Å². The van der Waals surface area contributed by atoms with Crippen LogP contribution in [0.2, 0.25) is 39.3 Å². The van der Waals surface area contributed by atoms with E-state index in [-0.39, 0.29) is 24.8 Å². The number of allylic oxidation sites excluding steroid dienone is 4. The van der Waals surface area contributed by atoms with Crippen LogP contribution in [-0.4, -0.2) is 19.4 Å². The SMILES string of the molecule is C[Si](C)(C)c1ccc2[cH-]c3ccc([Si](C)(C)C)cc3c2c1.[C-]1=CC=CC1.[Cl-].[Cl-].[Zr+2]=[C]1CCC1. The summed E-state index contributed by atoms with van der Waals surface area (Å²) in [5.74, 6) is 0. The second kappa shape index (κ2) is 13.0. The van der Waals surface area contributed by atoms with Gasteiger partial charge < -0.3 is 24.8 Å². The Hall–Kier alpha value is -0.443. The number of halogens is 2. The molecule has 2 aliphatic carbocycles. The summed E-state index contributed by atoms with van der Waals surface area (Å²) in [7, 11) is -2.51. The molecule has 0 amide bonds. The second-order valence-electron chi connectivity index (χ2n) is 10.7. The van der Waals surface area contributed by atoms with Crippen LogP contribution in [0, 0.1) is 6.08 Å². The van der Waals surface area contributed by atoms with Gasteiger partial charge in [0.05, 0.1) is 16.1 Å². The van der Waals surface area contributed by atoms with Gasteiger partial charge in [0, 0.05) is 0 Å². The summed E-state index contributed by atoms with van der Waals surface area (Å²) in [6.07, 6.45) is 14.4. The zero-order valence-electron chi connectivity index (χ0n) is 20.9. The molecule has 0 aromatic heterocycles. The molecule has 0 nitrogen and oxygen atoms in total. The molecule has 0 N–H and O–H groups in total. The fourth-order valence-corrected chi connectivity index (χ4v) is 6.82. The Labute approximate surface area is 230 Å². The van der Waals surface area contributed by atoms with Gasteiger partial charge in [-0.2, -0.15) is 6.08 Å². The Morgan fingerprint density at radius 3 is 1.48 bits per heavy atom. The summed E-state index contributed by atoms with van der Waals surface area (Å²) in [6.45, 7) is 14.5. The first kappa shape index (κ1) is 30.6. The molecule has 2 aliphatic rings. The molecule has 0 bridgehead atoms. The van der Waals surface area contributed by atoms with Crippen LogP contribution in [0.15, 0.2) is 60.7 Å². The minimum absolute atomic E-state index is 0. The van der Waals surface area contributed by atoms with Crippen molar-refractivity contribution in [3.8, 4) is 0 Å². The van der Waals surface area contributed by atoms with Crippen molar-refractivity contribution in [2.75, 3.05) is 0 Å². The van der Waals surface area contributed by atoms with Crippen LogP contribution in [0.1, 0.15) is 25.7 Å². The molecular weight excluding hydrogens is 555 g/mol. The summed E-state index contributed by atoms with van der Waals surface area (Å²) in [4.78, 5) is 0. The quantitative estimate of drug-likeness (QED) is 0.309. The van der Waals surface area contributed by atoms with Crippen LogP contribution in [0.4, 0.5) is 0 Å². The van der Waals surface area contributed by atoms with Crippen LogP contribution in [-0.2, 0) is 24.2 Å². The normalized spacial score (nSPS) is 14.5. The van der Waals surface area contributed by atoms with Crippen LogP contribution in [0.5, 0.6) is 0 Å². The van der Waals surface area contributed by atoms with Crippen molar-refractivity contribution >= 4 is 51.3 Å². The van der Waals surface area contributed by atoms with Gasteiger partial charge >= 0.3 is 46.7 Å². The Kier molecular flexibility index (Phi) is 12.1. The molecule has 33 heavy (non-hydrogen) atoms. The van der Waals surface area contributed by atoms with Gasteiger partial charge in [0.25, 0.3) is 0 Å². The first-order valence-electron chi connectivity index (χ1n) is 11.5. The van der Waals surface area contributed by atoms with Gasteiger partial charge in [0.15, 0.2) is 0 Å². The van der Waals surface area contributed by atoms with Gasteiger partial charge in [-0.3, -0.25) is 6.08 Å². The number of hydrogen-bond donors (Lipinski definition) is 0. The third-order valence-electron chi connectivity index (χ3n) is 5.98. The van der Waals surface area contributed by atoms with Crippen LogP contribution < -0.4 is 35.2 Å². The number of rotatable bonds is 2. The summed E-state index contributed by atoms with van der Waals surface area (Å²) >= 11 is 1.67. The van der Waals surface area contributed by atoms with Crippen molar-refractivity contribution in [1.29, 1.82) is 0 Å². The third-order valence-corrected chi connectivity index (χ3v) is 11.3. The van der Waals surface area contributed by atoms with Crippen LogP contribution in [0.3, 0.4) is 0 Å². The van der Waals surface area contributed by atoms with Gasteiger partial charge in [0.1, 0.15) is 0 Å². The van der Waals surface area contributed by atoms with Crippen molar-refractivity contribution in [1.82, 2.24) is 0 Å². The predicted molar refractivity (Wildman–Crippen MR) is 143 cm³/mol. The van der Waals surface area contributed by atoms with Crippen molar-refractivity contribution in [3.63, 3.8) is 0 Å². The molecule has 0 heterocycles. The van der Waals surface area contributed by atoms with Gasteiger partial charge in [-0.05, 0) is 0 Å². The van der Waals surface area contributed by atoms with E-state index in [1.54, 1.807) is 37.8 Å². The fourth-order valence-electron chi connectivity index (χ4n) is 3.63. The molecule has 0 atom stereocenters. The average molecular weight is 591 g/mol. The van der Waals surface area contributed by atoms with Gasteiger partial charge in [0.2, 0.25) is 0 Å². The van der Waals surface area contributed by atoms with Crippen molar-refractivity contribution in [3.05, 3.63) is 66.8 Å². The second-order valence-corrected chi connectivity index (χ2v) is 22.6. The molecule has 0 aliphatic heterocycles. The Morgan fingerprint density at radius 1 is 0.788 bits per heavy atom. The Morgan fingerprint density at radius 2 is 1.24 bits per heavy atom. The summed E-state index contributed by atoms with van der Waals surface area (Å²) in [5.41, 5.74) is 0. The number of fused-ring (bicyclic) bond motifs is 3. The molecule has 0 unspecified atom stereocenters. The van der Waals surface area contributed by atoms with E-state index in [1.165, 1.54) is 40.8 Å². The van der Waals surface area contributed by atoms with E-state index in [4.69, 9.17) is 0 Å². The van der Waals surface area contributed by atoms with E-state index in [1.807, 2.05) is 12.2 Å². The van der Waals surface area contributed by atoms with Crippen molar-refractivity contribution in [2.45, 2.75) is 65.0 Å². The van der Waals surface area contributed by atoms with Crippen LogP contribution >= 0.6 is 0 Å². The molecule has 1 saturated carbocycles. The molecule has 3 aromatic rings. The topological polar surface area (TPSA) is 0 Å². The van der Waals surface area contributed by atoms with E-state index in [0.717, 1.165) is 6.42 Å². The predicted octanol–water partition coefficient (Wildman–Crippen LogP) is 1.01. The van der Waals surface area contributed by atoms with Crippen molar-refractivity contribution in [2.24, 2.45) is 0 Å². The van der Waals surface area contributed by atoms with Crippen molar-refractivity contribution < 1.29 is 49.0 Å². The molecule has 1 fully saturated rings. The molecule has 0 spiro atoms. The van der Waals surface area contributed by atoms with Gasteiger partial charge in [-0.1, -0.05) is 73.9 Å². The molecule has 176 valence electrons. The first-order valence-corrected chi connectivity index (χ1v) is 19.7. The average Bonchev–Trinajstić information content (AvgIpc) is 3.36. The molecule has 0 saturated heterocycles. The summed E-state index contributed by atoms with van der Waals surface area (Å²) in [5, 5.41) is 8.79. The first-order chi connectivity index (χ1) is 14.6. The van der Waals surface area contributed by atoms with Crippen LogP contribution in [0.25, 0.3) is 21.5 Å². The summed E-state index contributed by atoms with van der Waals surface area (Å²) < 4.78 is 1.78.